The Morgan fingerprint density at radius 2 is 1.97 bits per heavy atom. The molecule has 8 nitrogen and oxygen atoms in total. The molecule has 0 aliphatic carbocycles. The molecule has 0 saturated heterocycles. The molecule has 0 fully saturated rings. The number of amides is 2. The number of ether oxygens (including phenoxy) is 1. The largest absolute Gasteiger partial charge is 0.452 e. The molecule has 32 heavy (non-hydrogen) atoms. The molecule has 0 saturated carbocycles. The minimum Gasteiger partial charge on any atom is -0.452 e. The van der Waals surface area contributed by atoms with Gasteiger partial charge < -0.3 is 15.0 Å². The third-order valence-corrected chi connectivity index (χ3v) is 5.86. The summed E-state index contributed by atoms with van der Waals surface area (Å²) in [6.45, 7) is 3.65. The van der Waals surface area contributed by atoms with E-state index in [1.807, 2.05) is 17.5 Å². The lowest BCUT2D eigenvalue weighted by molar-refractivity contribution is -0.138. The average molecular weight is 475 g/mol. The fourth-order valence-electron chi connectivity index (χ4n) is 2.95. The van der Waals surface area contributed by atoms with E-state index in [0.717, 1.165) is 10.6 Å². The Kier molecular flexibility index (Phi) is 8.02. The molecule has 0 atom stereocenters. The summed E-state index contributed by atoms with van der Waals surface area (Å²) in [6.07, 6.45) is 1.40. The molecule has 0 bridgehead atoms. The number of esters is 1. The van der Waals surface area contributed by atoms with Gasteiger partial charge in [0, 0.05) is 16.4 Å². The maximum absolute atomic E-state index is 12.5. The summed E-state index contributed by atoms with van der Waals surface area (Å²) >= 11 is 7.45. The number of thiophene rings is 1. The summed E-state index contributed by atoms with van der Waals surface area (Å²) in [5.74, 6) is -1.39. The van der Waals surface area contributed by atoms with Gasteiger partial charge >= 0.3 is 5.97 Å². The second-order valence-corrected chi connectivity index (χ2v) is 8.34. The maximum Gasteiger partial charge on any atom is 0.342 e. The Labute approximate surface area is 194 Å². The van der Waals surface area contributed by atoms with E-state index in [1.165, 1.54) is 11.1 Å². The monoisotopic (exact) mass is 474 g/mol. The summed E-state index contributed by atoms with van der Waals surface area (Å²) < 4.78 is 6.78. The van der Waals surface area contributed by atoms with Crippen LogP contribution in [-0.4, -0.2) is 52.2 Å². The highest BCUT2D eigenvalue weighted by atomic mass is 35.5. The Morgan fingerprint density at radius 3 is 2.62 bits per heavy atom. The molecule has 1 aromatic carbocycles. The molecule has 0 radical (unpaired) electrons. The fraction of sp³-hybridized carbons (Fsp3) is 0.273. The van der Waals surface area contributed by atoms with E-state index in [-0.39, 0.29) is 18.0 Å². The number of nitrogens with zero attached hydrogens (tertiary/aromatic N) is 3. The van der Waals surface area contributed by atoms with E-state index in [2.05, 4.69) is 10.4 Å². The van der Waals surface area contributed by atoms with Crippen molar-refractivity contribution in [1.29, 1.82) is 0 Å². The first-order chi connectivity index (χ1) is 15.4. The molecule has 168 valence electrons. The lowest BCUT2D eigenvalue weighted by Crippen LogP contribution is -2.42. The van der Waals surface area contributed by atoms with E-state index in [9.17, 15) is 14.4 Å². The number of halogens is 1. The van der Waals surface area contributed by atoms with Crippen LogP contribution in [0.1, 0.15) is 27.9 Å². The van der Waals surface area contributed by atoms with Gasteiger partial charge in [-0.15, -0.1) is 11.3 Å². The summed E-state index contributed by atoms with van der Waals surface area (Å²) in [7, 11) is 0. The molecule has 0 unspecified atom stereocenters. The molecule has 1 N–H and O–H groups in total. The molecular formula is C22H23ClN4O4S. The number of rotatable bonds is 9. The molecule has 0 spiro atoms. The first kappa shape index (κ1) is 23.5. The van der Waals surface area contributed by atoms with Gasteiger partial charge in [-0.3, -0.25) is 9.59 Å². The molecule has 3 rings (SSSR count). The molecule has 10 heteroatoms. The third kappa shape index (κ3) is 5.95. The van der Waals surface area contributed by atoms with Crippen molar-refractivity contribution < 1.29 is 19.1 Å². The third-order valence-electron chi connectivity index (χ3n) is 4.74. The second-order valence-electron chi connectivity index (χ2n) is 6.87. The van der Waals surface area contributed by atoms with E-state index in [4.69, 9.17) is 16.3 Å². The molecule has 2 heterocycles. The van der Waals surface area contributed by atoms with Crippen LogP contribution < -0.4 is 5.32 Å². The summed E-state index contributed by atoms with van der Waals surface area (Å²) in [5, 5.41) is 9.52. The minimum atomic E-state index is -0.658. The Bertz CT molecular complexity index is 1080. The molecule has 3 aromatic rings. The van der Waals surface area contributed by atoms with Crippen molar-refractivity contribution in [2.24, 2.45) is 0 Å². The van der Waals surface area contributed by atoms with Gasteiger partial charge in [0.2, 0.25) is 5.91 Å². The zero-order valence-corrected chi connectivity index (χ0v) is 19.3. The van der Waals surface area contributed by atoms with Crippen LogP contribution in [0.25, 0.3) is 5.69 Å². The normalized spacial score (nSPS) is 10.6. The summed E-state index contributed by atoms with van der Waals surface area (Å²) in [5.41, 5.74) is 1.57. The van der Waals surface area contributed by atoms with Crippen LogP contribution in [-0.2, 0) is 20.9 Å². The van der Waals surface area contributed by atoms with Crippen LogP contribution in [0.15, 0.2) is 48.0 Å². The van der Waals surface area contributed by atoms with Gasteiger partial charge in [-0.2, -0.15) is 5.10 Å². The van der Waals surface area contributed by atoms with Crippen molar-refractivity contribution >= 4 is 40.7 Å². The highest BCUT2D eigenvalue weighted by molar-refractivity contribution is 7.09. The van der Waals surface area contributed by atoms with Crippen molar-refractivity contribution in [3.63, 3.8) is 0 Å². The van der Waals surface area contributed by atoms with Crippen LogP contribution in [0.2, 0.25) is 5.02 Å². The van der Waals surface area contributed by atoms with Gasteiger partial charge in [0.25, 0.3) is 5.91 Å². The van der Waals surface area contributed by atoms with E-state index < -0.39 is 18.5 Å². The molecule has 0 aliphatic rings. The van der Waals surface area contributed by atoms with E-state index in [0.29, 0.717) is 23.8 Å². The van der Waals surface area contributed by atoms with Crippen LogP contribution in [0.5, 0.6) is 0 Å². The lowest BCUT2D eigenvalue weighted by atomic mass is 10.2. The second kappa shape index (κ2) is 10.9. The van der Waals surface area contributed by atoms with Crippen LogP contribution in [0.3, 0.4) is 0 Å². The predicted octanol–water partition coefficient (Wildman–Crippen LogP) is 3.22. The Balaban J connectivity index is 1.53. The number of benzene rings is 1. The zero-order chi connectivity index (χ0) is 23.1. The van der Waals surface area contributed by atoms with Crippen LogP contribution >= 0.6 is 22.9 Å². The first-order valence-corrected chi connectivity index (χ1v) is 11.2. The van der Waals surface area contributed by atoms with Crippen molar-refractivity contribution in [1.82, 2.24) is 20.0 Å². The van der Waals surface area contributed by atoms with Gasteiger partial charge in [0.05, 0.1) is 30.7 Å². The van der Waals surface area contributed by atoms with Crippen molar-refractivity contribution in [3.05, 3.63) is 69.1 Å². The number of carbonyl (C=O) groups is 3. The Morgan fingerprint density at radius 1 is 1.22 bits per heavy atom. The predicted molar refractivity (Wildman–Crippen MR) is 122 cm³/mol. The molecule has 2 aromatic heterocycles. The van der Waals surface area contributed by atoms with Gasteiger partial charge in [0.15, 0.2) is 6.61 Å². The number of aromatic nitrogens is 2. The van der Waals surface area contributed by atoms with Gasteiger partial charge in [-0.1, -0.05) is 17.7 Å². The highest BCUT2D eigenvalue weighted by Crippen LogP contribution is 2.17. The minimum absolute atomic E-state index is 0.105. The fourth-order valence-corrected chi connectivity index (χ4v) is 3.72. The Hall–Kier alpha value is -3.17. The number of hydrogen-bond acceptors (Lipinski definition) is 6. The van der Waals surface area contributed by atoms with Crippen LogP contribution in [0.4, 0.5) is 0 Å². The first-order valence-electron chi connectivity index (χ1n) is 9.93. The number of likely N-dealkylation sites (N-methyl/N-ethyl adjacent to an activating group) is 1. The summed E-state index contributed by atoms with van der Waals surface area (Å²) in [4.78, 5) is 39.5. The van der Waals surface area contributed by atoms with Crippen molar-refractivity contribution in [2.75, 3.05) is 19.7 Å². The van der Waals surface area contributed by atoms with Crippen molar-refractivity contribution in [3.8, 4) is 5.69 Å². The number of carbonyl (C=O) groups excluding carboxylic acids is 3. The SMILES string of the molecule is CCN(CC(=O)NCc1cccs1)C(=O)COC(=O)c1cnn(-c2ccc(Cl)cc2)c1C. The van der Waals surface area contributed by atoms with Gasteiger partial charge in [-0.25, -0.2) is 9.48 Å². The topological polar surface area (TPSA) is 93.5 Å². The molecule has 0 aliphatic heterocycles. The van der Waals surface area contributed by atoms with Gasteiger partial charge in [0.1, 0.15) is 5.56 Å². The highest BCUT2D eigenvalue weighted by Gasteiger charge is 2.21. The summed E-state index contributed by atoms with van der Waals surface area (Å²) in [6, 6.07) is 10.8. The standard InChI is InChI=1S/C22H23ClN4O4S/c1-3-26(13-20(28)24-11-18-5-4-10-32-18)21(29)14-31-22(30)19-12-25-27(15(19)2)17-8-6-16(23)7-9-17/h4-10,12H,3,11,13-14H2,1-2H3,(H,24,28). The zero-order valence-electron chi connectivity index (χ0n) is 17.7. The molecule has 2 amide bonds. The average Bonchev–Trinajstić information content (AvgIpc) is 3.44. The lowest BCUT2D eigenvalue weighted by Gasteiger charge is -2.20. The van der Waals surface area contributed by atoms with Gasteiger partial charge in [-0.05, 0) is 49.6 Å². The van der Waals surface area contributed by atoms with E-state index >= 15 is 0 Å². The van der Waals surface area contributed by atoms with Crippen molar-refractivity contribution in [2.45, 2.75) is 20.4 Å². The molecular weight excluding hydrogens is 452 g/mol. The quantitative estimate of drug-likeness (QED) is 0.480. The smallest absolute Gasteiger partial charge is 0.342 e. The number of nitrogens with one attached hydrogen (secondary N) is 1. The maximum atomic E-state index is 12.5. The van der Waals surface area contributed by atoms with Crippen LogP contribution in [0, 0.1) is 6.92 Å². The number of hydrogen-bond donors (Lipinski definition) is 1. The van der Waals surface area contributed by atoms with E-state index in [1.54, 1.807) is 54.1 Å².